The Labute approximate surface area is 128 Å². The van der Waals surface area contributed by atoms with Gasteiger partial charge in [0.15, 0.2) is 0 Å². The molecule has 1 aliphatic rings. The summed E-state index contributed by atoms with van der Waals surface area (Å²) in [4.78, 5) is 14.2. The Morgan fingerprint density at radius 3 is 2.14 bits per heavy atom. The van der Waals surface area contributed by atoms with Gasteiger partial charge in [0.25, 0.3) is 0 Å². The Morgan fingerprint density at radius 1 is 1.05 bits per heavy atom. The van der Waals surface area contributed by atoms with E-state index in [-0.39, 0.29) is 11.3 Å². The van der Waals surface area contributed by atoms with Gasteiger partial charge in [-0.2, -0.15) is 0 Å². The Kier molecular flexibility index (Phi) is 5.27. The van der Waals surface area contributed by atoms with Crippen LogP contribution < -0.4 is 5.32 Å². The highest BCUT2D eigenvalue weighted by Crippen LogP contribution is 2.23. The van der Waals surface area contributed by atoms with Crippen molar-refractivity contribution in [3.8, 4) is 0 Å². The molecular formula is C18H28N2O. The molecule has 1 fully saturated rings. The summed E-state index contributed by atoms with van der Waals surface area (Å²) < 4.78 is 0. The molecule has 1 aromatic carbocycles. The van der Waals surface area contributed by atoms with Crippen molar-refractivity contribution in [2.75, 3.05) is 25.0 Å². The fourth-order valence-corrected chi connectivity index (χ4v) is 2.70. The van der Waals surface area contributed by atoms with Crippen LogP contribution in [0.2, 0.25) is 0 Å². The molecule has 0 radical (unpaired) electrons. The van der Waals surface area contributed by atoms with E-state index in [9.17, 15) is 4.79 Å². The van der Waals surface area contributed by atoms with Gasteiger partial charge in [0, 0.05) is 18.8 Å². The molecule has 0 saturated carbocycles. The molecule has 1 aliphatic heterocycles. The second kappa shape index (κ2) is 6.97. The van der Waals surface area contributed by atoms with Crippen molar-refractivity contribution in [3.05, 3.63) is 29.8 Å². The van der Waals surface area contributed by atoms with Gasteiger partial charge >= 0.3 is 0 Å². The zero-order valence-corrected chi connectivity index (χ0v) is 13.6. The number of benzene rings is 1. The molecular weight excluding hydrogens is 260 g/mol. The van der Waals surface area contributed by atoms with Gasteiger partial charge in [-0.25, -0.2) is 0 Å². The number of hydrogen-bond donors (Lipinski definition) is 1. The number of nitrogens with one attached hydrogen (secondary N) is 1. The van der Waals surface area contributed by atoms with Crippen molar-refractivity contribution in [2.24, 2.45) is 0 Å². The highest BCUT2D eigenvalue weighted by Gasteiger charge is 2.15. The SMILES string of the molecule is CC(C)(C)c1ccc(NCC(=O)N2CCCCCC2)cc1. The van der Waals surface area contributed by atoms with Crippen LogP contribution in [0, 0.1) is 0 Å². The molecule has 0 aromatic heterocycles. The number of nitrogens with zero attached hydrogens (tertiary/aromatic N) is 1. The second-order valence-corrected chi connectivity index (χ2v) is 6.98. The molecule has 0 aliphatic carbocycles. The van der Waals surface area contributed by atoms with Gasteiger partial charge in [-0.1, -0.05) is 45.7 Å². The smallest absolute Gasteiger partial charge is 0.241 e. The maximum Gasteiger partial charge on any atom is 0.241 e. The van der Waals surface area contributed by atoms with E-state index in [1.54, 1.807) is 0 Å². The highest BCUT2D eigenvalue weighted by molar-refractivity contribution is 5.80. The number of likely N-dealkylation sites (tertiary alicyclic amines) is 1. The first-order valence-electron chi connectivity index (χ1n) is 8.09. The van der Waals surface area contributed by atoms with Crippen LogP contribution in [0.3, 0.4) is 0 Å². The molecule has 1 heterocycles. The number of carbonyl (C=O) groups is 1. The summed E-state index contributed by atoms with van der Waals surface area (Å²) in [6.45, 7) is 8.86. The molecule has 116 valence electrons. The number of carbonyl (C=O) groups excluding carboxylic acids is 1. The van der Waals surface area contributed by atoms with Crippen molar-refractivity contribution < 1.29 is 4.79 Å². The number of hydrogen-bond acceptors (Lipinski definition) is 2. The Morgan fingerprint density at radius 2 is 1.62 bits per heavy atom. The van der Waals surface area contributed by atoms with Crippen LogP contribution in [0.25, 0.3) is 0 Å². The summed E-state index contributed by atoms with van der Waals surface area (Å²) in [5, 5.41) is 3.25. The molecule has 21 heavy (non-hydrogen) atoms. The maximum atomic E-state index is 12.2. The molecule has 0 bridgehead atoms. The lowest BCUT2D eigenvalue weighted by Crippen LogP contribution is -2.36. The zero-order chi connectivity index (χ0) is 15.3. The zero-order valence-electron chi connectivity index (χ0n) is 13.6. The summed E-state index contributed by atoms with van der Waals surface area (Å²) in [5.41, 5.74) is 2.50. The van der Waals surface area contributed by atoms with Crippen LogP contribution >= 0.6 is 0 Å². The Balaban J connectivity index is 1.86. The van der Waals surface area contributed by atoms with Crippen molar-refractivity contribution in [1.29, 1.82) is 0 Å². The largest absolute Gasteiger partial charge is 0.376 e. The highest BCUT2D eigenvalue weighted by atomic mass is 16.2. The lowest BCUT2D eigenvalue weighted by Gasteiger charge is -2.21. The van der Waals surface area contributed by atoms with E-state index in [1.807, 2.05) is 4.90 Å². The molecule has 1 amide bonds. The van der Waals surface area contributed by atoms with E-state index in [0.29, 0.717) is 6.54 Å². The van der Waals surface area contributed by atoms with Gasteiger partial charge in [0.05, 0.1) is 6.54 Å². The molecule has 0 spiro atoms. The second-order valence-electron chi connectivity index (χ2n) is 6.98. The van der Waals surface area contributed by atoms with Crippen LogP contribution in [0.5, 0.6) is 0 Å². The number of amides is 1. The average Bonchev–Trinajstić information content (AvgIpc) is 2.73. The Hall–Kier alpha value is -1.51. The molecule has 1 aromatic rings. The first-order valence-corrected chi connectivity index (χ1v) is 8.09. The molecule has 2 rings (SSSR count). The van der Waals surface area contributed by atoms with E-state index in [2.05, 4.69) is 50.4 Å². The van der Waals surface area contributed by atoms with E-state index in [0.717, 1.165) is 31.6 Å². The third kappa shape index (κ3) is 4.76. The maximum absolute atomic E-state index is 12.2. The molecule has 1 N–H and O–H groups in total. The standard InChI is InChI=1S/C18H28N2O/c1-18(2,3)15-8-10-16(11-9-15)19-14-17(21)20-12-6-4-5-7-13-20/h8-11,19H,4-7,12-14H2,1-3H3. The van der Waals surface area contributed by atoms with E-state index in [4.69, 9.17) is 0 Å². The number of anilines is 1. The van der Waals surface area contributed by atoms with Gasteiger partial charge in [-0.3, -0.25) is 4.79 Å². The van der Waals surface area contributed by atoms with Gasteiger partial charge in [0.2, 0.25) is 5.91 Å². The third-order valence-electron chi connectivity index (χ3n) is 4.15. The summed E-state index contributed by atoms with van der Waals surface area (Å²) in [5.74, 6) is 0.219. The van der Waals surface area contributed by atoms with Gasteiger partial charge in [-0.15, -0.1) is 0 Å². The monoisotopic (exact) mass is 288 g/mol. The minimum atomic E-state index is 0.167. The predicted molar refractivity (Wildman–Crippen MR) is 88.7 cm³/mol. The summed E-state index contributed by atoms with van der Waals surface area (Å²) in [6.07, 6.45) is 4.80. The van der Waals surface area contributed by atoms with Crippen LogP contribution in [-0.4, -0.2) is 30.4 Å². The predicted octanol–water partition coefficient (Wildman–Crippen LogP) is 3.80. The lowest BCUT2D eigenvalue weighted by molar-refractivity contribution is -0.129. The Bertz CT molecular complexity index is 451. The fourth-order valence-electron chi connectivity index (χ4n) is 2.70. The average molecular weight is 288 g/mol. The number of rotatable bonds is 3. The quantitative estimate of drug-likeness (QED) is 0.917. The van der Waals surface area contributed by atoms with Crippen LogP contribution in [0.4, 0.5) is 5.69 Å². The van der Waals surface area contributed by atoms with Gasteiger partial charge in [-0.05, 0) is 36.0 Å². The first-order chi connectivity index (χ1) is 9.97. The van der Waals surface area contributed by atoms with Crippen molar-refractivity contribution in [2.45, 2.75) is 51.9 Å². The third-order valence-corrected chi connectivity index (χ3v) is 4.15. The summed E-state index contributed by atoms with van der Waals surface area (Å²) in [7, 11) is 0. The molecule has 1 saturated heterocycles. The molecule has 3 heteroatoms. The minimum absolute atomic E-state index is 0.167. The van der Waals surface area contributed by atoms with Gasteiger partial charge < -0.3 is 10.2 Å². The molecule has 3 nitrogen and oxygen atoms in total. The summed E-state index contributed by atoms with van der Waals surface area (Å²) in [6, 6.07) is 8.41. The van der Waals surface area contributed by atoms with E-state index >= 15 is 0 Å². The summed E-state index contributed by atoms with van der Waals surface area (Å²) >= 11 is 0. The van der Waals surface area contributed by atoms with Crippen LogP contribution in [0.1, 0.15) is 52.0 Å². The van der Waals surface area contributed by atoms with Crippen molar-refractivity contribution in [1.82, 2.24) is 4.90 Å². The van der Waals surface area contributed by atoms with E-state index in [1.165, 1.54) is 18.4 Å². The van der Waals surface area contributed by atoms with Gasteiger partial charge in [0.1, 0.15) is 0 Å². The molecule has 0 atom stereocenters. The normalized spacial score (nSPS) is 16.4. The fraction of sp³-hybridized carbons (Fsp3) is 0.611. The molecule has 0 unspecified atom stereocenters. The van der Waals surface area contributed by atoms with Crippen molar-refractivity contribution >= 4 is 11.6 Å². The van der Waals surface area contributed by atoms with Crippen molar-refractivity contribution in [3.63, 3.8) is 0 Å². The van der Waals surface area contributed by atoms with Crippen LogP contribution in [-0.2, 0) is 10.2 Å². The van der Waals surface area contributed by atoms with Crippen LogP contribution in [0.15, 0.2) is 24.3 Å². The van der Waals surface area contributed by atoms with E-state index < -0.39 is 0 Å². The minimum Gasteiger partial charge on any atom is -0.376 e. The topological polar surface area (TPSA) is 32.3 Å². The lowest BCUT2D eigenvalue weighted by atomic mass is 9.87. The first kappa shape index (κ1) is 15.9.